The van der Waals surface area contributed by atoms with Crippen molar-refractivity contribution in [2.45, 2.75) is 56.5 Å². The molecule has 0 aromatic carbocycles. The zero-order valence-electron chi connectivity index (χ0n) is 10.9. The Kier molecular flexibility index (Phi) is 5.29. The van der Waals surface area contributed by atoms with E-state index in [1.165, 1.54) is 0 Å². The van der Waals surface area contributed by atoms with Crippen molar-refractivity contribution in [3.8, 4) is 0 Å². The van der Waals surface area contributed by atoms with Gasteiger partial charge in [-0.05, 0) is 12.8 Å². The summed E-state index contributed by atoms with van der Waals surface area (Å²) in [6, 6.07) is -1.10. The number of carboxylic acids is 1. The van der Waals surface area contributed by atoms with Gasteiger partial charge in [0.1, 0.15) is 5.54 Å². The average molecular weight is 271 g/mol. The van der Waals surface area contributed by atoms with Gasteiger partial charge >= 0.3 is 5.97 Å². The molecule has 0 spiro atoms. The molecule has 1 fully saturated rings. The largest absolute Gasteiger partial charge is 0.480 e. The standard InChI is InChI=1S/C12H21N3O4/c13-8(7-9(14)16)10(17)15-12(11(18)19)5-3-1-2-4-6-12/h8H,1-7,13H2,(H2,14,16)(H,15,17)(H,18,19). The normalized spacial score (nSPS) is 20.1. The molecule has 1 aliphatic carbocycles. The number of primary amides is 1. The molecule has 0 aromatic rings. The molecule has 0 aromatic heterocycles. The highest BCUT2D eigenvalue weighted by Gasteiger charge is 2.40. The van der Waals surface area contributed by atoms with E-state index >= 15 is 0 Å². The average Bonchev–Trinajstić information content (AvgIpc) is 2.54. The Balaban J connectivity index is 2.75. The van der Waals surface area contributed by atoms with Gasteiger partial charge in [-0.15, -0.1) is 0 Å². The van der Waals surface area contributed by atoms with Crippen molar-refractivity contribution in [1.82, 2.24) is 5.32 Å². The molecule has 7 nitrogen and oxygen atoms in total. The van der Waals surface area contributed by atoms with Crippen LogP contribution in [-0.2, 0) is 14.4 Å². The molecular formula is C12H21N3O4. The molecule has 0 heterocycles. The fourth-order valence-electron chi connectivity index (χ4n) is 2.36. The summed E-state index contributed by atoms with van der Waals surface area (Å²) in [4.78, 5) is 34.0. The van der Waals surface area contributed by atoms with E-state index in [0.717, 1.165) is 25.7 Å². The first kappa shape index (κ1) is 15.4. The third kappa shape index (κ3) is 4.20. The van der Waals surface area contributed by atoms with E-state index in [1.807, 2.05) is 0 Å². The van der Waals surface area contributed by atoms with Gasteiger partial charge < -0.3 is 21.9 Å². The molecular weight excluding hydrogens is 250 g/mol. The molecule has 0 aliphatic heterocycles. The molecule has 108 valence electrons. The maximum Gasteiger partial charge on any atom is 0.329 e. The van der Waals surface area contributed by atoms with Crippen LogP contribution in [0, 0.1) is 0 Å². The minimum Gasteiger partial charge on any atom is -0.480 e. The van der Waals surface area contributed by atoms with E-state index in [0.29, 0.717) is 12.8 Å². The van der Waals surface area contributed by atoms with Crippen LogP contribution in [0.15, 0.2) is 0 Å². The fraction of sp³-hybridized carbons (Fsp3) is 0.750. The molecule has 0 radical (unpaired) electrons. The molecule has 19 heavy (non-hydrogen) atoms. The number of aliphatic carboxylic acids is 1. The highest BCUT2D eigenvalue weighted by Crippen LogP contribution is 2.27. The number of hydrogen-bond donors (Lipinski definition) is 4. The summed E-state index contributed by atoms with van der Waals surface area (Å²) < 4.78 is 0. The summed E-state index contributed by atoms with van der Waals surface area (Å²) >= 11 is 0. The van der Waals surface area contributed by atoms with Crippen molar-refractivity contribution >= 4 is 17.8 Å². The lowest BCUT2D eigenvalue weighted by atomic mass is 9.89. The van der Waals surface area contributed by atoms with Gasteiger partial charge in [0, 0.05) is 0 Å². The van der Waals surface area contributed by atoms with Crippen LogP contribution in [0.4, 0.5) is 0 Å². The van der Waals surface area contributed by atoms with Gasteiger partial charge in [0.05, 0.1) is 12.5 Å². The fourth-order valence-corrected chi connectivity index (χ4v) is 2.36. The van der Waals surface area contributed by atoms with Crippen molar-refractivity contribution in [2.24, 2.45) is 11.5 Å². The van der Waals surface area contributed by atoms with Crippen LogP contribution in [0.2, 0.25) is 0 Å². The number of rotatable bonds is 5. The first-order valence-corrected chi connectivity index (χ1v) is 6.47. The van der Waals surface area contributed by atoms with Crippen molar-refractivity contribution in [3.63, 3.8) is 0 Å². The Morgan fingerprint density at radius 1 is 1.16 bits per heavy atom. The lowest BCUT2D eigenvalue weighted by molar-refractivity contribution is -0.148. The van der Waals surface area contributed by atoms with Crippen molar-refractivity contribution < 1.29 is 19.5 Å². The highest BCUT2D eigenvalue weighted by molar-refractivity contribution is 5.92. The molecule has 1 aliphatic rings. The molecule has 0 bridgehead atoms. The summed E-state index contributed by atoms with van der Waals surface area (Å²) in [6.07, 6.45) is 3.89. The van der Waals surface area contributed by atoms with Crippen LogP contribution in [0.1, 0.15) is 44.9 Å². The zero-order valence-corrected chi connectivity index (χ0v) is 10.9. The first-order valence-electron chi connectivity index (χ1n) is 6.47. The van der Waals surface area contributed by atoms with E-state index in [9.17, 15) is 19.5 Å². The second-order valence-corrected chi connectivity index (χ2v) is 5.07. The minimum absolute atomic E-state index is 0.290. The highest BCUT2D eigenvalue weighted by atomic mass is 16.4. The van der Waals surface area contributed by atoms with Crippen molar-refractivity contribution in [3.05, 3.63) is 0 Å². The second kappa shape index (κ2) is 6.51. The lowest BCUT2D eigenvalue weighted by Crippen LogP contribution is -2.58. The summed E-state index contributed by atoms with van der Waals surface area (Å²) in [5.41, 5.74) is 9.23. The van der Waals surface area contributed by atoms with E-state index in [-0.39, 0.29) is 6.42 Å². The molecule has 2 amide bonds. The Morgan fingerprint density at radius 3 is 2.11 bits per heavy atom. The van der Waals surface area contributed by atoms with Gasteiger partial charge in [-0.1, -0.05) is 25.7 Å². The van der Waals surface area contributed by atoms with E-state index < -0.39 is 29.4 Å². The Labute approximate surface area is 111 Å². The summed E-state index contributed by atoms with van der Waals surface area (Å²) in [5.74, 6) is -2.37. The number of carboxylic acid groups (broad SMARTS) is 1. The maximum absolute atomic E-state index is 11.9. The summed E-state index contributed by atoms with van der Waals surface area (Å²) in [5, 5.41) is 11.9. The smallest absolute Gasteiger partial charge is 0.329 e. The van der Waals surface area contributed by atoms with Gasteiger partial charge in [0.2, 0.25) is 11.8 Å². The predicted molar refractivity (Wildman–Crippen MR) is 68.0 cm³/mol. The van der Waals surface area contributed by atoms with E-state index in [1.54, 1.807) is 0 Å². The number of nitrogens with one attached hydrogen (secondary N) is 1. The lowest BCUT2D eigenvalue weighted by Gasteiger charge is -2.30. The van der Waals surface area contributed by atoms with Gasteiger partial charge in [-0.25, -0.2) is 4.79 Å². The molecule has 1 atom stereocenters. The number of nitrogens with two attached hydrogens (primary N) is 2. The van der Waals surface area contributed by atoms with E-state index in [2.05, 4.69) is 5.32 Å². The van der Waals surface area contributed by atoms with Crippen molar-refractivity contribution in [1.29, 1.82) is 0 Å². The number of carbonyl (C=O) groups excluding carboxylic acids is 2. The topological polar surface area (TPSA) is 136 Å². The SMILES string of the molecule is NC(=O)CC(N)C(=O)NC1(C(=O)O)CCCCCC1. The predicted octanol–water partition coefficient (Wildman–Crippen LogP) is -0.517. The first-order chi connectivity index (χ1) is 8.87. The third-order valence-corrected chi connectivity index (χ3v) is 3.49. The van der Waals surface area contributed by atoms with Gasteiger partial charge in [0.15, 0.2) is 0 Å². The minimum atomic E-state index is -1.26. The molecule has 6 N–H and O–H groups in total. The van der Waals surface area contributed by atoms with Crippen LogP contribution in [0.5, 0.6) is 0 Å². The van der Waals surface area contributed by atoms with Crippen LogP contribution in [-0.4, -0.2) is 34.5 Å². The van der Waals surface area contributed by atoms with Gasteiger partial charge in [0.25, 0.3) is 0 Å². The van der Waals surface area contributed by atoms with Gasteiger partial charge in [-0.3, -0.25) is 9.59 Å². The maximum atomic E-state index is 11.9. The number of amides is 2. The van der Waals surface area contributed by atoms with E-state index in [4.69, 9.17) is 11.5 Å². The third-order valence-electron chi connectivity index (χ3n) is 3.49. The quantitative estimate of drug-likeness (QED) is 0.499. The molecule has 7 heteroatoms. The van der Waals surface area contributed by atoms with Gasteiger partial charge in [-0.2, -0.15) is 0 Å². The summed E-state index contributed by atoms with van der Waals surface area (Å²) in [7, 11) is 0. The van der Waals surface area contributed by atoms with Crippen LogP contribution < -0.4 is 16.8 Å². The van der Waals surface area contributed by atoms with Crippen LogP contribution >= 0.6 is 0 Å². The monoisotopic (exact) mass is 271 g/mol. The number of hydrogen-bond acceptors (Lipinski definition) is 4. The Bertz CT molecular complexity index is 362. The Hall–Kier alpha value is -1.63. The van der Waals surface area contributed by atoms with Crippen LogP contribution in [0.3, 0.4) is 0 Å². The molecule has 1 unspecified atom stereocenters. The Morgan fingerprint density at radius 2 is 1.68 bits per heavy atom. The van der Waals surface area contributed by atoms with Crippen LogP contribution in [0.25, 0.3) is 0 Å². The molecule has 1 saturated carbocycles. The second-order valence-electron chi connectivity index (χ2n) is 5.07. The molecule has 1 rings (SSSR count). The zero-order chi connectivity index (χ0) is 14.5. The number of carbonyl (C=O) groups is 3. The van der Waals surface area contributed by atoms with Crippen molar-refractivity contribution in [2.75, 3.05) is 0 Å². The summed E-state index contributed by atoms with van der Waals surface area (Å²) in [6.45, 7) is 0. The molecule has 0 saturated heterocycles.